The van der Waals surface area contributed by atoms with Gasteiger partial charge in [0.05, 0.1) is 5.69 Å². The molecule has 1 aliphatic rings. The fourth-order valence-electron chi connectivity index (χ4n) is 3.23. The van der Waals surface area contributed by atoms with Gasteiger partial charge in [0.2, 0.25) is 0 Å². The number of hydrogen-bond acceptors (Lipinski definition) is 2. The molecule has 1 fully saturated rings. The first-order valence-electron chi connectivity index (χ1n) is 7.96. The Morgan fingerprint density at radius 3 is 2.91 bits per heavy atom. The summed E-state index contributed by atoms with van der Waals surface area (Å²) in [6.07, 6.45) is 2.27. The van der Waals surface area contributed by atoms with Crippen molar-refractivity contribution < 1.29 is 4.79 Å². The summed E-state index contributed by atoms with van der Waals surface area (Å²) in [7, 11) is 1.97. The fourth-order valence-corrected chi connectivity index (χ4v) is 3.23. The summed E-state index contributed by atoms with van der Waals surface area (Å²) < 4.78 is 0. The lowest BCUT2D eigenvalue weighted by Crippen LogP contribution is -2.44. The van der Waals surface area contributed by atoms with E-state index in [0.29, 0.717) is 5.92 Å². The number of piperidine rings is 1. The van der Waals surface area contributed by atoms with E-state index in [0.717, 1.165) is 42.5 Å². The van der Waals surface area contributed by atoms with Crippen molar-refractivity contribution in [2.75, 3.05) is 32.0 Å². The smallest absolute Gasteiger partial charge is 0.321 e. The second-order valence-electron chi connectivity index (χ2n) is 5.97. The van der Waals surface area contributed by atoms with Crippen molar-refractivity contribution in [2.45, 2.75) is 12.8 Å². The van der Waals surface area contributed by atoms with Crippen molar-refractivity contribution in [3.05, 3.63) is 42.5 Å². The predicted octanol–water partition coefficient (Wildman–Crippen LogP) is 3.30. The highest BCUT2D eigenvalue weighted by Gasteiger charge is 2.23. The summed E-state index contributed by atoms with van der Waals surface area (Å²) in [5.74, 6) is 0.553. The summed E-state index contributed by atoms with van der Waals surface area (Å²) >= 11 is 0. The molecule has 1 unspecified atom stereocenters. The minimum Gasteiger partial charge on any atom is -0.324 e. The van der Waals surface area contributed by atoms with Gasteiger partial charge in [0.15, 0.2) is 0 Å². The first-order chi connectivity index (χ1) is 10.8. The Morgan fingerprint density at radius 1 is 1.23 bits per heavy atom. The summed E-state index contributed by atoms with van der Waals surface area (Å²) in [4.78, 5) is 14.5. The Morgan fingerprint density at radius 2 is 2.05 bits per heavy atom. The van der Waals surface area contributed by atoms with Crippen LogP contribution in [-0.4, -0.2) is 37.6 Å². The Kier molecular flexibility index (Phi) is 4.59. The minimum absolute atomic E-state index is 0.0113. The van der Waals surface area contributed by atoms with E-state index in [-0.39, 0.29) is 6.03 Å². The molecule has 0 aliphatic carbocycles. The molecule has 4 nitrogen and oxygen atoms in total. The van der Waals surface area contributed by atoms with Gasteiger partial charge in [-0.3, -0.25) is 0 Å². The molecule has 1 atom stereocenters. The molecule has 1 saturated heterocycles. The molecule has 0 saturated carbocycles. The van der Waals surface area contributed by atoms with Gasteiger partial charge in [-0.2, -0.15) is 0 Å². The highest BCUT2D eigenvalue weighted by atomic mass is 16.2. The van der Waals surface area contributed by atoms with Crippen molar-refractivity contribution in [3.8, 4) is 0 Å². The third kappa shape index (κ3) is 3.22. The van der Waals surface area contributed by atoms with E-state index < -0.39 is 0 Å². The fraction of sp³-hybridized carbons (Fsp3) is 0.389. The zero-order valence-corrected chi connectivity index (χ0v) is 13.0. The number of likely N-dealkylation sites (tertiary alicyclic amines) is 1. The van der Waals surface area contributed by atoms with E-state index in [4.69, 9.17) is 0 Å². The number of carbonyl (C=O) groups is 1. The highest BCUT2D eigenvalue weighted by molar-refractivity contribution is 6.01. The van der Waals surface area contributed by atoms with Crippen LogP contribution in [0.1, 0.15) is 12.8 Å². The molecule has 4 heteroatoms. The van der Waals surface area contributed by atoms with Gasteiger partial charge in [-0.05, 0) is 43.8 Å². The third-order valence-corrected chi connectivity index (χ3v) is 4.33. The van der Waals surface area contributed by atoms with Gasteiger partial charge >= 0.3 is 6.03 Å². The number of hydrogen-bond donors (Lipinski definition) is 2. The van der Waals surface area contributed by atoms with Crippen LogP contribution in [0.25, 0.3) is 10.8 Å². The van der Waals surface area contributed by atoms with Gasteiger partial charge in [0, 0.05) is 18.5 Å². The van der Waals surface area contributed by atoms with Crippen molar-refractivity contribution in [1.29, 1.82) is 0 Å². The summed E-state index contributed by atoms with van der Waals surface area (Å²) in [5.41, 5.74) is 0.888. The number of carbonyl (C=O) groups excluding carboxylic acids is 1. The standard InChI is InChI=1S/C18H23N3O/c1-19-12-14-6-5-11-21(13-14)18(22)20-17-10-4-8-15-7-2-3-9-16(15)17/h2-4,7-10,14,19H,5-6,11-13H2,1H3,(H,20,22). The zero-order valence-electron chi connectivity index (χ0n) is 13.0. The monoisotopic (exact) mass is 297 g/mol. The number of benzene rings is 2. The van der Waals surface area contributed by atoms with Crippen molar-refractivity contribution >= 4 is 22.5 Å². The Hall–Kier alpha value is -2.07. The van der Waals surface area contributed by atoms with Crippen LogP contribution in [-0.2, 0) is 0 Å². The lowest BCUT2D eigenvalue weighted by molar-refractivity contribution is 0.177. The molecule has 0 aromatic heterocycles. The molecule has 22 heavy (non-hydrogen) atoms. The average molecular weight is 297 g/mol. The predicted molar refractivity (Wildman–Crippen MR) is 91.2 cm³/mol. The summed E-state index contributed by atoms with van der Waals surface area (Å²) in [6, 6.07) is 14.2. The van der Waals surface area contributed by atoms with Gasteiger partial charge in [0.1, 0.15) is 0 Å². The lowest BCUT2D eigenvalue weighted by atomic mass is 9.98. The average Bonchev–Trinajstić information content (AvgIpc) is 2.56. The van der Waals surface area contributed by atoms with E-state index in [2.05, 4.69) is 22.8 Å². The van der Waals surface area contributed by atoms with Crippen LogP contribution in [0.2, 0.25) is 0 Å². The molecule has 3 rings (SSSR count). The number of anilines is 1. The Bertz CT molecular complexity index is 648. The van der Waals surface area contributed by atoms with E-state index in [1.165, 1.54) is 6.42 Å². The number of amides is 2. The summed E-state index contributed by atoms with van der Waals surface area (Å²) in [6.45, 7) is 2.65. The molecule has 0 spiro atoms. The topological polar surface area (TPSA) is 44.4 Å². The van der Waals surface area contributed by atoms with Gasteiger partial charge in [-0.25, -0.2) is 4.79 Å². The minimum atomic E-state index is 0.0113. The van der Waals surface area contributed by atoms with Crippen LogP contribution in [0, 0.1) is 5.92 Å². The number of nitrogens with zero attached hydrogens (tertiary/aromatic N) is 1. The Balaban J connectivity index is 1.73. The van der Waals surface area contributed by atoms with Gasteiger partial charge in [-0.15, -0.1) is 0 Å². The first-order valence-corrected chi connectivity index (χ1v) is 7.96. The molecule has 1 heterocycles. The van der Waals surface area contributed by atoms with Crippen LogP contribution in [0.15, 0.2) is 42.5 Å². The van der Waals surface area contributed by atoms with E-state index in [1.807, 2.05) is 42.3 Å². The second kappa shape index (κ2) is 6.79. The quantitative estimate of drug-likeness (QED) is 0.913. The highest BCUT2D eigenvalue weighted by Crippen LogP contribution is 2.24. The van der Waals surface area contributed by atoms with Crippen molar-refractivity contribution in [2.24, 2.45) is 5.92 Å². The Labute approximate surface area is 131 Å². The molecular weight excluding hydrogens is 274 g/mol. The first kappa shape index (κ1) is 14.9. The van der Waals surface area contributed by atoms with Crippen LogP contribution in [0.3, 0.4) is 0 Å². The molecular formula is C18H23N3O. The van der Waals surface area contributed by atoms with Gasteiger partial charge < -0.3 is 15.5 Å². The van der Waals surface area contributed by atoms with Crippen LogP contribution >= 0.6 is 0 Å². The normalized spacial score (nSPS) is 18.4. The van der Waals surface area contributed by atoms with Gasteiger partial charge in [-0.1, -0.05) is 36.4 Å². The largest absolute Gasteiger partial charge is 0.324 e. The molecule has 2 N–H and O–H groups in total. The van der Waals surface area contributed by atoms with Gasteiger partial charge in [0.25, 0.3) is 0 Å². The maximum atomic E-state index is 12.6. The van der Waals surface area contributed by atoms with Crippen LogP contribution in [0.4, 0.5) is 10.5 Å². The molecule has 0 radical (unpaired) electrons. The van der Waals surface area contributed by atoms with E-state index in [9.17, 15) is 4.79 Å². The second-order valence-corrected chi connectivity index (χ2v) is 5.97. The SMILES string of the molecule is CNCC1CCCN(C(=O)Nc2cccc3ccccc23)C1. The number of rotatable bonds is 3. The van der Waals surface area contributed by atoms with Crippen molar-refractivity contribution in [3.63, 3.8) is 0 Å². The molecule has 2 aromatic rings. The maximum absolute atomic E-state index is 12.6. The molecule has 2 aromatic carbocycles. The maximum Gasteiger partial charge on any atom is 0.321 e. The number of urea groups is 1. The molecule has 0 bridgehead atoms. The van der Waals surface area contributed by atoms with Crippen molar-refractivity contribution in [1.82, 2.24) is 10.2 Å². The summed E-state index contributed by atoms with van der Waals surface area (Å²) in [5, 5.41) is 8.53. The van der Waals surface area contributed by atoms with Crippen LogP contribution in [0.5, 0.6) is 0 Å². The van der Waals surface area contributed by atoms with E-state index in [1.54, 1.807) is 0 Å². The number of nitrogens with one attached hydrogen (secondary N) is 2. The molecule has 116 valence electrons. The van der Waals surface area contributed by atoms with E-state index >= 15 is 0 Å². The third-order valence-electron chi connectivity index (χ3n) is 4.33. The lowest BCUT2D eigenvalue weighted by Gasteiger charge is -2.32. The molecule has 1 aliphatic heterocycles. The zero-order chi connectivity index (χ0) is 15.4. The molecule has 2 amide bonds. The number of fused-ring (bicyclic) bond motifs is 1. The van der Waals surface area contributed by atoms with Crippen LogP contribution < -0.4 is 10.6 Å².